The zero-order valence-electron chi connectivity index (χ0n) is 16.5. The number of primary amides is 1. The molecule has 9 heteroatoms. The molecule has 0 aliphatic rings. The van der Waals surface area contributed by atoms with E-state index in [1.54, 1.807) is 31.2 Å². The molecule has 0 aliphatic heterocycles. The largest absolute Gasteiger partial charge is 0.525 e. The summed E-state index contributed by atoms with van der Waals surface area (Å²) >= 11 is 12.4. The predicted octanol–water partition coefficient (Wildman–Crippen LogP) is 2.03. The fraction of sp³-hybridized carbons (Fsp3) is 0.300. The number of urea groups is 1. The lowest BCUT2D eigenvalue weighted by Crippen LogP contribution is -2.57. The van der Waals surface area contributed by atoms with Gasteiger partial charge in [0, 0.05) is 10.0 Å². The van der Waals surface area contributed by atoms with E-state index in [0.29, 0.717) is 16.5 Å². The van der Waals surface area contributed by atoms with Crippen molar-refractivity contribution in [3.05, 3.63) is 57.6 Å². The van der Waals surface area contributed by atoms with Crippen LogP contribution in [0.15, 0.2) is 36.4 Å². The minimum absolute atomic E-state index is 0.413. The molecule has 0 aromatic heterocycles. The molecular formula is C20H24BCl2N3O3. The van der Waals surface area contributed by atoms with Crippen LogP contribution in [0.1, 0.15) is 24.5 Å². The lowest BCUT2D eigenvalue weighted by Gasteiger charge is -2.25. The molecule has 0 bridgehead atoms. The molecule has 0 heterocycles. The number of halogens is 2. The van der Waals surface area contributed by atoms with Gasteiger partial charge in [-0.05, 0) is 55.5 Å². The van der Waals surface area contributed by atoms with Crippen LogP contribution < -0.4 is 27.7 Å². The van der Waals surface area contributed by atoms with Crippen molar-refractivity contribution >= 4 is 53.0 Å². The van der Waals surface area contributed by atoms with Crippen LogP contribution in [0.5, 0.6) is 0 Å². The number of nitrogens with one attached hydrogen (secondary N) is 1. The maximum Gasteiger partial charge on any atom is 0.430 e. The van der Waals surface area contributed by atoms with Crippen molar-refractivity contribution in [3.8, 4) is 0 Å². The summed E-state index contributed by atoms with van der Waals surface area (Å²) in [7, 11) is 0. The first-order valence-corrected chi connectivity index (χ1v) is 9.93. The predicted molar refractivity (Wildman–Crippen MR) is 118 cm³/mol. The second-order valence-corrected chi connectivity index (χ2v) is 7.74. The molecule has 154 valence electrons. The highest BCUT2D eigenvalue weighted by Crippen LogP contribution is 2.13. The monoisotopic (exact) mass is 435 g/mol. The topological polar surface area (TPSA) is 107 Å². The summed E-state index contributed by atoms with van der Waals surface area (Å²) in [5.41, 5.74) is 14.5. The number of amides is 2. The van der Waals surface area contributed by atoms with E-state index in [2.05, 4.69) is 5.32 Å². The number of hydrogen-bond donors (Lipinski definition) is 3. The van der Waals surface area contributed by atoms with Crippen molar-refractivity contribution < 1.29 is 14.2 Å². The van der Waals surface area contributed by atoms with Crippen LogP contribution in [0.25, 0.3) is 0 Å². The van der Waals surface area contributed by atoms with Gasteiger partial charge in [0.15, 0.2) is 0 Å². The summed E-state index contributed by atoms with van der Waals surface area (Å²) in [6.45, 7) is 4.82. The van der Waals surface area contributed by atoms with Crippen LogP contribution in [-0.4, -0.2) is 31.0 Å². The molecule has 0 saturated carbocycles. The molecule has 6 nitrogen and oxygen atoms in total. The summed E-state index contributed by atoms with van der Waals surface area (Å²) < 4.78 is 5.85. The van der Waals surface area contributed by atoms with E-state index >= 15 is 0 Å². The quantitative estimate of drug-likeness (QED) is 0.578. The Balaban J connectivity index is 2.45. The van der Waals surface area contributed by atoms with Gasteiger partial charge < -0.3 is 21.4 Å². The number of benzene rings is 2. The maximum absolute atomic E-state index is 12.9. The lowest BCUT2D eigenvalue weighted by molar-refractivity contribution is -0.136. The Morgan fingerprint density at radius 1 is 1.07 bits per heavy atom. The highest BCUT2D eigenvalue weighted by Gasteiger charge is 2.33. The molecule has 0 fully saturated rings. The van der Waals surface area contributed by atoms with E-state index in [0.717, 1.165) is 22.1 Å². The first-order chi connectivity index (χ1) is 13.6. The molecule has 0 saturated heterocycles. The average Bonchev–Trinajstić information content (AvgIpc) is 2.67. The second-order valence-electron chi connectivity index (χ2n) is 6.87. The smallest absolute Gasteiger partial charge is 0.430 e. The number of aryl methyl sites for hydroxylation is 2. The summed E-state index contributed by atoms with van der Waals surface area (Å²) in [5.74, 6) is -0.672. The van der Waals surface area contributed by atoms with Gasteiger partial charge in [-0.2, -0.15) is 0 Å². The van der Waals surface area contributed by atoms with E-state index in [1.165, 1.54) is 0 Å². The van der Waals surface area contributed by atoms with Crippen LogP contribution in [0, 0.1) is 13.8 Å². The molecule has 29 heavy (non-hydrogen) atoms. The van der Waals surface area contributed by atoms with E-state index in [4.69, 9.17) is 39.3 Å². The fourth-order valence-electron chi connectivity index (χ4n) is 3.07. The zero-order chi connectivity index (χ0) is 21.7. The third-order valence-electron chi connectivity index (χ3n) is 4.75. The summed E-state index contributed by atoms with van der Waals surface area (Å²) in [6.07, 6.45) is 0.413. The van der Waals surface area contributed by atoms with Gasteiger partial charge in [0.2, 0.25) is 0 Å². The molecule has 2 atom stereocenters. The SMILES string of the molecule is CCC(NC(N)=O)C(N)C(=O)OB(c1cc(Cl)ccc1C)c1cc(Cl)ccc1C. The maximum atomic E-state index is 12.9. The standard InChI is InChI=1S/C20H24BCl2N3O3/c1-4-17(26-20(25)28)18(24)19(27)29-21(15-9-13(22)7-5-11(15)2)16-10-14(23)8-6-12(16)3/h5-10,17-18H,4,24H2,1-3H3,(H3,25,26,28). The summed E-state index contributed by atoms with van der Waals surface area (Å²) in [4.78, 5) is 24.1. The average molecular weight is 436 g/mol. The normalized spacial score (nSPS) is 12.8. The van der Waals surface area contributed by atoms with Gasteiger partial charge in [-0.3, -0.25) is 4.79 Å². The number of carbonyl (C=O) groups excluding carboxylic acids is 2. The highest BCUT2D eigenvalue weighted by molar-refractivity contribution is 6.82. The Labute approximate surface area is 181 Å². The summed E-state index contributed by atoms with van der Waals surface area (Å²) in [5, 5.41) is 3.50. The molecule has 5 N–H and O–H groups in total. The third-order valence-corrected chi connectivity index (χ3v) is 5.22. The second kappa shape index (κ2) is 10.0. The van der Waals surface area contributed by atoms with Gasteiger partial charge in [0.25, 0.3) is 0 Å². The Kier molecular flexibility index (Phi) is 7.96. The molecule has 2 rings (SSSR count). The van der Waals surface area contributed by atoms with Crippen LogP contribution in [0.4, 0.5) is 4.79 Å². The van der Waals surface area contributed by atoms with E-state index in [9.17, 15) is 9.59 Å². The molecule has 0 spiro atoms. The van der Waals surface area contributed by atoms with Crippen molar-refractivity contribution in [2.24, 2.45) is 11.5 Å². The van der Waals surface area contributed by atoms with Crippen molar-refractivity contribution in [2.45, 2.75) is 39.3 Å². The van der Waals surface area contributed by atoms with Gasteiger partial charge in [0.1, 0.15) is 6.04 Å². The van der Waals surface area contributed by atoms with Crippen LogP contribution >= 0.6 is 23.2 Å². The molecule has 2 unspecified atom stereocenters. The highest BCUT2D eigenvalue weighted by atomic mass is 35.5. The first kappa shape index (κ1) is 23.1. The van der Waals surface area contributed by atoms with E-state index in [1.807, 2.05) is 26.0 Å². The molecule has 2 aromatic rings. The molecular weight excluding hydrogens is 412 g/mol. The van der Waals surface area contributed by atoms with Crippen LogP contribution in [0.3, 0.4) is 0 Å². The number of hydrogen-bond acceptors (Lipinski definition) is 4. The van der Waals surface area contributed by atoms with Gasteiger partial charge in [-0.15, -0.1) is 0 Å². The number of rotatable bonds is 7. The van der Waals surface area contributed by atoms with Crippen LogP contribution in [-0.2, 0) is 9.45 Å². The molecule has 2 amide bonds. The lowest BCUT2D eigenvalue weighted by atomic mass is 9.53. The van der Waals surface area contributed by atoms with Gasteiger partial charge >= 0.3 is 18.9 Å². The Bertz CT molecular complexity index is 859. The molecule has 2 aromatic carbocycles. The van der Waals surface area contributed by atoms with Crippen molar-refractivity contribution in [3.63, 3.8) is 0 Å². The van der Waals surface area contributed by atoms with E-state index < -0.39 is 31.0 Å². The zero-order valence-corrected chi connectivity index (χ0v) is 18.1. The van der Waals surface area contributed by atoms with Crippen LogP contribution in [0.2, 0.25) is 10.0 Å². The molecule has 0 radical (unpaired) electrons. The third kappa shape index (κ3) is 5.89. The van der Waals surface area contributed by atoms with Gasteiger partial charge in [0.05, 0.1) is 6.04 Å². The minimum atomic E-state index is -1.09. The Morgan fingerprint density at radius 2 is 1.55 bits per heavy atom. The van der Waals surface area contributed by atoms with Crippen molar-refractivity contribution in [2.75, 3.05) is 0 Å². The minimum Gasteiger partial charge on any atom is -0.525 e. The first-order valence-electron chi connectivity index (χ1n) is 9.18. The van der Waals surface area contributed by atoms with Gasteiger partial charge in [-0.25, -0.2) is 4.79 Å². The van der Waals surface area contributed by atoms with Gasteiger partial charge in [-0.1, -0.05) is 53.4 Å². The fourth-order valence-corrected chi connectivity index (χ4v) is 3.43. The van der Waals surface area contributed by atoms with Crippen molar-refractivity contribution in [1.82, 2.24) is 5.32 Å². The van der Waals surface area contributed by atoms with Crippen molar-refractivity contribution in [1.29, 1.82) is 0 Å². The number of carbonyl (C=O) groups is 2. The van der Waals surface area contributed by atoms with E-state index in [-0.39, 0.29) is 0 Å². The Morgan fingerprint density at radius 3 is 1.97 bits per heavy atom. The summed E-state index contributed by atoms with van der Waals surface area (Å²) in [6, 6.07) is 8.23. The molecule has 0 aliphatic carbocycles. The number of nitrogens with two attached hydrogens (primary N) is 2. The Hall–Kier alpha value is -2.22.